The Morgan fingerprint density at radius 3 is 2.05 bits per heavy atom. The van der Waals surface area contributed by atoms with E-state index in [0.717, 1.165) is 18.4 Å². The van der Waals surface area contributed by atoms with Crippen LogP contribution in [0.15, 0.2) is 36.4 Å². The molecule has 0 saturated heterocycles. The largest absolute Gasteiger partial charge is 0.0827 e. The molecule has 0 heterocycles. The Hall–Kier alpha value is -0.500. The fraction of sp³-hybridized carbons (Fsp3) is 0.294. The molecule has 0 nitrogen and oxygen atoms in total. The first kappa shape index (κ1) is 15.9. The minimum atomic E-state index is 0.133. The summed E-state index contributed by atoms with van der Waals surface area (Å²) in [5, 5.41) is 1.18. The molecule has 0 aliphatic rings. The third-order valence-corrected chi connectivity index (χ3v) is 5.32. The van der Waals surface area contributed by atoms with Gasteiger partial charge in [-0.05, 0) is 47.2 Å². The van der Waals surface area contributed by atoms with Crippen molar-refractivity contribution in [2.75, 3.05) is 0 Å². The molecule has 0 aliphatic carbocycles. The van der Waals surface area contributed by atoms with Crippen molar-refractivity contribution in [3.05, 3.63) is 68.7 Å². The van der Waals surface area contributed by atoms with Crippen LogP contribution in [0.2, 0.25) is 10.0 Å². The average molecular weight is 372 g/mol. The van der Waals surface area contributed by atoms with Crippen LogP contribution in [0.25, 0.3) is 0 Å². The average Bonchev–Trinajstić information content (AvgIpc) is 2.48. The van der Waals surface area contributed by atoms with Crippen LogP contribution in [-0.4, -0.2) is 0 Å². The lowest BCUT2D eigenvalue weighted by Gasteiger charge is -2.15. The molecule has 2 aromatic rings. The number of aryl methyl sites for hydroxylation is 2. The molecule has 0 fully saturated rings. The predicted octanol–water partition coefficient (Wildman–Crippen LogP) is 6.60. The third-order valence-electron chi connectivity index (χ3n) is 3.52. The Morgan fingerprint density at radius 2 is 1.45 bits per heavy atom. The van der Waals surface area contributed by atoms with E-state index < -0.39 is 0 Å². The van der Waals surface area contributed by atoms with Gasteiger partial charge in [-0.25, -0.2) is 0 Å². The van der Waals surface area contributed by atoms with Crippen LogP contribution in [-0.2, 0) is 12.8 Å². The van der Waals surface area contributed by atoms with E-state index in [2.05, 4.69) is 48.0 Å². The second-order valence-electron chi connectivity index (χ2n) is 4.77. The van der Waals surface area contributed by atoms with Gasteiger partial charge in [0.2, 0.25) is 0 Å². The minimum absolute atomic E-state index is 0.133. The van der Waals surface area contributed by atoms with Crippen molar-refractivity contribution in [2.45, 2.75) is 31.5 Å². The zero-order valence-corrected chi connectivity index (χ0v) is 14.7. The van der Waals surface area contributed by atoms with Gasteiger partial charge in [0.1, 0.15) is 0 Å². The molecule has 2 rings (SSSR count). The number of rotatable bonds is 4. The molecule has 0 aromatic heterocycles. The highest BCUT2D eigenvalue weighted by Gasteiger charge is 2.13. The van der Waals surface area contributed by atoms with Gasteiger partial charge in [0.15, 0.2) is 0 Å². The van der Waals surface area contributed by atoms with Crippen molar-refractivity contribution in [1.82, 2.24) is 0 Å². The molecule has 0 N–H and O–H groups in total. The van der Waals surface area contributed by atoms with Crippen molar-refractivity contribution in [1.29, 1.82) is 0 Å². The Morgan fingerprint density at radius 1 is 0.850 bits per heavy atom. The van der Waals surface area contributed by atoms with Crippen molar-refractivity contribution in [3.8, 4) is 0 Å². The topological polar surface area (TPSA) is 0 Å². The van der Waals surface area contributed by atoms with Gasteiger partial charge in [-0.3, -0.25) is 0 Å². The molecule has 0 radical (unpaired) electrons. The second kappa shape index (κ2) is 6.98. The maximum atomic E-state index is 6.10. The van der Waals surface area contributed by atoms with E-state index in [-0.39, 0.29) is 4.83 Å². The van der Waals surface area contributed by atoms with E-state index in [1.54, 1.807) is 0 Å². The van der Waals surface area contributed by atoms with E-state index >= 15 is 0 Å². The lowest BCUT2D eigenvalue weighted by molar-refractivity contribution is 1.02. The number of hydrogen-bond acceptors (Lipinski definition) is 0. The summed E-state index contributed by atoms with van der Waals surface area (Å²) in [5.41, 5.74) is 5.20. The van der Waals surface area contributed by atoms with Gasteiger partial charge < -0.3 is 0 Å². The highest BCUT2D eigenvalue weighted by atomic mass is 79.9. The predicted molar refractivity (Wildman–Crippen MR) is 92.4 cm³/mol. The van der Waals surface area contributed by atoms with Crippen molar-refractivity contribution in [3.63, 3.8) is 0 Å². The summed E-state index contributed by atoms with van der Waals surface area (Å²) in [5.74, 6) is 0. The van der Waals surface area contributed by atoms with Gasteiger partial charge >= 0.3 is 0 Å². The maximum Gasteiger partial charge on any atom is 0.0645 e. The SMILES string of the molecule is CCc1ccc(C(Br)c2ccc(Cl)c(Cl)c2)cc1CC. The molecule has 0 spiro atoms. The number of benzene rings is 2. The zero-order valence-electron chi connectivity index (χ0n) is 11.6. The minimum Gasteiger partial charge on any atom is -0.0827 e. The summed E-state index contributed by atoms with van der Waals surface area (Å²) < 4.78 is 0. The Balaban J connectivity index is 2.37. The van der Waals surface area contributed by atoms with Gasteiger partial charge in [-0.1, -0.05) is 77.2 Å². The molecule has 20 heavy (non-hydrogen) atoms. The fourth-order valence-corrected chi connectivity index (χ4v) is 3.22. The Bertz CT molecular complexity index is 608. The second-order valence-corrected chi connectivity index (χ2v) is 6.50. The molecular formula is C17H17BrCl2. The van der Waals surface area contributed by atoms with Gasteiger partial charge in [-0.2, -0.15) is 0 Å². The molecule has 0 amide bonds. The Kier molecular flexibility index (Phi) is 5.54. The summed E-state index contributed by atoms with van der Waals surface area (Å²) in [6.07, 6.45) is 2.13. The standard InChI is InChI=1S/C17H17BrCl2/c1-3-11-5-6-13(9-12(11)4-2)17(18)14-7-8-15(19)16(20)10-14/h5-10,17H,3-4H2,1-2H3. The lowest BCUT2D eigenvalue weighted by Crippen LogP contribution is -1.97. The monoisotopic (exact) mass is 370 g/mol. The van der Waals surface area contributed by atoms with Crippen molar-refractivity contribution < 1.29 is 0 Å². The maximum absolute atomic E-state index is 6.10. The van der Waals surface area contributed by atoms with Crippen LogP contribution in [0, 0.1) is 0 Å². The van der Waals surface area contributed by atoms with Crippen LogP contribution >= 0.6 is 39.1 Å². The summed E-state index contributed by atoms with van der Waals surface area (Å²) in [4.78, 5) is 0.133. The molecule has 3 heteroatoms. The quantitative estimate of drug-likeness (QED) is 0.531. The molecule has 1 atom stereocenters. The van der Waals surface area contributed by atoms with Gasteiger partial charge in [-0.15, -0.1) is 0 Å². The van der Waals surface area contributed by atoms with Crippen molar-refractivity contribution in [2.24, 2.45) is 0 Å². The first-order chi connectivity index (χ1) is 9.56. The van der Waals surface area contributed by atoms with Crippen LogP contribution in [0.5, 0.6) is 0 Å². The van der Waals surface area contributed by atoms with Crippen LogP contribution in [0.3, 0.4) is 0 Å². The molecule has 0 aliphatic heterocycles. The smallest absolute Gasteiger partial charge is 0.0645 e. The van der Waals surface area contributed by atoms with Crippen LogP contribution < -0.4 is 0 Å². The summed E-state index contributed by atoms with van der Waals surface area (Å²) in [7, 11) is 0. The molecule has 106 valence electrons. The summed E-state index contributed by atoms with van der Waals surface area (Å²) in [6, 6.07) is 12.4. The highest BCUT2D eigenvalue weighted by molar-refractivity contribution is 9.09. The molecule has 0 bridgehead atoms. The third kappa shape index (κ3) is 3.39. The Labute approximate surface area is 139 Å². The first-order valence-corrected chi connectivity index (χ1v) is 8.44. The van der Waals surface area contributed by atoms with Gasteiger partial charge in [0.05, 0.1) is 14.9 Å². The molecule has 1 unspecified atom stereocenters. The van der Waals surface area contributed by atoms with E-state index in [0.29, 0.717) is 10.0 Å². The van der Waals surface area contributed by atoms with E-state index in [1.807, 2.05) is 18.2 Å². The summed E-state index contributed by atoms with van der Waals surface area (Å²) >= 11 is 15.8. The van der Waals surface area contributed by atoms with Gasteiger partial charge in [0.25, 0.3) is 0 Å². The van der Waals surface area contributed by atoms with E-state index in [4.69, 9.17) is 23.2 Å². The fourth-order valence-electron chi connectivity index (χ4n) is 2.34. The van der Waals surface area contributed by atoms with Crippen molar-refractivity contribution >= 4 is 39.1 Å². The van der Waals surface area contributed by atoms with Gasteiger partial charge in [0, 0.05) is 0 Å². The first-order valence-electron chi connectivity index (χ1n) is 6.77. The summed E-state index contributed by atoms with van der Waals surface area (Å²) in [6.45, 7) is 4.39. The van der Waals surface area contributed by atoms with Crippen LogP contribution in [0.1, 0.15) is 40.9 Å². The lowest BCUT2D eigenvalue weighted by atomic mass is 9.96. The molecule has 0 saturated carbocycles. The zero-order chi connectivity index (χ0) is 14.7. The normalized spacial score (nSPS) is 12.4. The van der Waals surface area contributed by atoms with E-state index in [9.17, 15) is 0 Å². The number of halogens is 3. The van der Waals surface area contributed by atoms with E-state index in [1.165, 1.54) is 16.7 Å². The molecular weight excluding hydrogens is 355 g/mol. The highest BCUT2D eigenvalue weighted by Crippen LogP contribution is 2.35. The molecule has 2 aromatic carbocycles. The number of hydrogen-bond donors (Lipinski definition) is 0. The van der Waals surface area contributed by atoms with Crippen LogP contribution in [0.4, 0.5) is 0 Å². The number of alkyl halides is 1.